The Hall–Kier alpha value is -1.64. The quantitative estimate of drug-likeness (QED) is 0.709. The van der Waals surface area contributed by atoms with Gasteiger partial charge in [-0.25, -0.2) is 8.42 Å². The Kier molecular flexibility index (Phi) is 7.31. The number of hydrogen-bond donors (Lipinski definition) is 2. The van der Waals surface area contributed by atoms with Crippen molar-refractivity contribution in [2.45, 2.75) is 50.3 Å². The summed E-state index contributed by atoms with van der Waals surface area (Å²) in [6.07, 6.45) is 6.37. The normalized spacial score (nSPS) is 19.3. The first-order valence-electron chi connectivity index (χ1n) is 10.4. The molecule has 0 aliphatic carbocycles. The van der Waals surface area contributed by atoms with Crippen molar-refractivity contribution < 1.29 is 22.8 Å². The summed E-state index contributed by atoms with van der Waals surface area (Å²) >= 11 is 0. The minimum atomic E-state index is -3.56. The smallest absolute Gasteiger partial charge is 0.279 e. The van der Waals surface area contributed by atoms with Crippen molar-refractivity contribution in [3.63, 3.8) is 0 Å². The number of rotatable bonds is 7. The number of hydrogen-bond acceptors (Lipinski definition) is 4. The maximum Gasteiger partial charge on any atom is 0.279 e. The molecule has 0 unspecified atom stereocenters. The number of carbonyl (C=O) groups excluding carboxylic acids is 1. The molecule has 2 fully saturated rings. The van der Waals surface area contributed by atoms with Crippen molar-refractivity contribution in [1.29, 1.82) is 0 Å². The Morgan fingerprint density at radius 2 is 1.79 bits per heavy atom. The standard InChI is InChI=1S/C20H31N3O4S/c1-2-27-19-10-9-17(28(25,26)23-13-7-4-8-14-23)15-18(19)21-20(24)16-22-11-5-3-6-12-22/h9-10,15H,2-8,11-14,16H2,1H3,(H,21,24)/p+1. The second-order valence-electron chi connectivity index (χ2n) is 7.59. The molecule has 2 N–H and O–H groups in total. The average Bonchev–Trinajstić information content (AvgIpc) is 2.70. The zero-order chi connectivity index (χ0) is 20.0. The van der Waals surface area contributed by atoms with Gasteiger partial charge in [0.2, 0.25) is 10.0 Å². The van der Waals surface area contributed by atoms with E-state index in [1.807, 2.05) is 6.92 Å². The van der Waals surface area contributed by atoms with Gasteiger partial charge in [0.15, 0.2) is 6.54 Å². The van der Waals surface area contributed by atoms with Gasteiger partial charge in [-0.1, -0.05) is 6.42 Å². The highest BCUT2D eigenvalue weighted by Crippen LogP contribution is 2.30. The Balaban J connectivity index is 1.77. The van der Waals surface area contributed by atoms with E-state index in [0.29, 0.717) is 37.7 Å². The van der Waals surface area contributed by atoms with Gasteiger partial charge in [0.25, 0.3) is 5.91 Å². The first-order chi connectivity index (χ1) is 13.5. The fraction of sp³-hybridized carbons (Fsp3) is 0.650. The van der Waals surface area contributed by atoms with Gasteiger partial charge in [-0.15, -0.1) is 0 Å². The van der Waals surface area contributed by atoms with Gasteiger partial charge in [-0.2, -0.15) is 4.31 Å². The third-order valence-corrected chi connectivity index (χ3v) is 7.34. The summed E-state index contributed by atoms with van der Waals surface area (Å²) in [5.74, 6) is 0.396. The van der Waals surface area contributed by atoms with E-state index < -0.39 is 10.0 Å². The van der Waals surface area contributed by atoms with Crippen LogP contribution >= 0.6 is 0 Å². The number of sulfonamides is 1. The average molecular weight is 411 g/mol. The third-order valence-electron chi connectivity index (χ3n) is 5.45. The lowest BCUT2D eigenvalue weighted by Gasteiger charge is -2.26. The molecule has 156 valence electrons. The molecule has 0 atom stereocenters. The van der Waals surface area contributed by atoms with E-state index in [9.17, 15) is 13.2 Å². The summed E-state index contributed by atoms with van der Waals surface area (Å²) in [6, 6.07) is 4.75. The molecule has 2 heterocycles. The Bertz CT molecular complexity index is 770. The van der Waals surface area contributed by atoms with Crippen LogP contribution in [0.15, 0.2) is 23.1 Å². The maximum absolute atomic E-state index is 13.0. The summed E-state index contributed by atoms with van der Waals surface area (Å²) in [4.78, 5) is 14.0. The lowest BCUT2D eigenvalue weighted by Crippen LogP contribution is -3.13. The molecule has 2 aliphatic rings. The molecule has 2 aliphatic heterocycles. The van der Waals surface area contributed by atoms with Crippen molar-refractivity contribution in [3.8, 4) is 5.75 Å². The van der Waals surface area contributed by atoms with Crippen molar-refractivity contribution in [1.82, 2.24) is 4.31 Å². The predicted molar refractivity (Wildman–Crippen MR) is 108 cm³/mol. The predicted octanol–water partition coefficient (Wildman–Crippen LogP) is 1.27. The lowest BCUT2D eigenvalue weighted by atomic mass is 10.1. The molecular weight excluding hydrogens is 378 g/mol. The highest BCUT2D eigenvalue weighted by molar-refractivity contribution is 7.89. The molecule has 1 amide bonds. The lowest BCUT2D eigenvalue weighted by molar-refractivity contribution is -0.896. The molecule has 0 aromatic heterocycles. The molecule has 1 aromatic rings. The van der Waals surface area contributed by atoms with E-state index in [1.54, 1.807) is 18.2 Å². The van der Waals surface area contributed by atoms with Crippen LogP contribution in [0.5, 0.6) is 5.75 Å². The second-order valence-corrected chi connectivity index (χ2v) is 9.53. The van der Waals surface area contributed by atoms with Gasteiger partial charge in [0.05, 0.1) is 30.3 Å². The molecule has 0 spiro atoms. The summed E-state index contributed by atoms with van der Waals surface area (Å²) in [5.41, 5.74) is 0.432. The van der Waals surface area contributed by atoms with E-state index in [4.69, 9.17) is 4.74 Å². The Morgan fingerprint density at radius 3 is 2.46 bits per heavy atom. The SMILES string of the molecule is CCOc1ccc(S(=O)(=O)N2CCCCC2)cc1NC(=O)C[NH+]1CCCCC1. The number of likely N-dealkylation sites (tertiary alicyclic amines) is 1. The second kappa shape index (κ2) is 9.71. The Labute approximate surface area is 168 Å². The number of amides is 1. The van der Waals surface area contributed by atoms with Crippen LogP contribution in [0, 0.1) is 0 Å². The first-order valence-corrected chi connectivity index (χ1v) is 11.8. The largest absolute Gasteiger partial charge is 0.492 e. The number of ether oxygens (including phenoxy) is 1. The number of quaternary nitrogens is 1. The zero-order valence-corrected chi connectivity index (χ0v) is 17.5. The molecule has 1 aromatic carbocycles. The summed E-state index contributed by atoms with van der Waals surface area (Å²) < 4.78 is 33.1. The molecule has 7 nitrogen and oxygen atoms in total. The fourth-order valence-corrected chi connectivity index (χ4v) is 5.50. The van der Waals surface area contributed by atoms with Crippen LogP contribution in [-0.4, -0.2) is 58.0 Å². The van der Waals surface area contributed by atoms with Crippen molar-refractivity contribution in [2.75, 3.05) is 44.6 Å². The van der Waals surface area contributed by atoms with E-state index in [-0.39, 0.29) is 10.8 Å². The number of benzene rings is 1. The third kappa shape index (κ3) is 5.24. The number of nitrogens with one attached hydrogen (secondary N) is 2. The first kappa shape index (κ1) is 21.1. The Morgan fingerprint density at radius 1 is 1.11 bits per heavy atom. The van der Waals surface area contributed by atoms with E-state index >= 15 is 0 Å². The van der Waals surface area contributed by atoms with Crippen LogP contribution in [0.1, 0.15) is 45.4 Å². The summed E-state index contributed by atoms with van der Waals surface area (Å²) in [7, 11) is -3.56. The molecule has 28 heavy (non-hydrogen) atoms. The number of piperidine rings is 2. The summed E-state index contributed by atoms with van der Waals surface area (Å²) in [5, 5.41) is 2.89. The van der Waals surface area contributed by atoms with E-state index in [1.165, 1.54) is 15.6 Å². The minimum Gasteiger partial charge on any atom is -0.492 e. The van der Waals surface area contributed by atoms with Crippen molar-refractivity contribution in [3.05, 3.63) is 18.2 Å². The number of nitrogens with zero attached hydrogens (tertiary/aromatic N) is 1. The van der Waals surface area contributed by atoms with Crippen LogP contribution in [0.25, 0.3) is 0 Å². The van der Waals surface area contributed by atoms with Gasteiger partial charge < -0.3 is 15.0 Å². The molecule has 0 saturated carbocycles. The van der Waals surface area contributed by atoms with Gasteiger partial charge in [0.1, 0.15) is 5.75 Å². The summed E-state index contributed by atoms with van der Waals surface area (Å²) in [6.45, 7) is 5.82. The molecule has 3 rings (SSSR count). The van der Waals surface area contributed by atoms with Crippen LogP contribution < -0.4 is 15.0 Å². The highest BCUT2D eigenvalue weighted by atomic mass is 32.2. The molecule has 2 saturated heterocycles. The zero-order valence-electron chi connectivity index (χ0n) is 16.7. The van der Waals surface area contributed by atoms with Crippen LogP contribution in [-0.2, 0) is 14.8 Å². The van der Waals surface area contributed by atoms with E-state index in [2.05, 4.69) is 5.32 Å². The van der Waals surface area contributed by atoms with Crippen molar-refractivity contribution in [2.24, 2.45) is 0 Å². The number of carbonyl (C=O) groups is 1. The fourth-order valence-electron chi connectivity index (χ4n) is 3.95. The van der Waals surface area contributed by atoms with Gasteiger partial charge in [-0.3, -0.25) is 4.79 Å². The van der Waals surface area contributed by atoms with Crippen LogP contribution in [0.4, 0.5) is 5.69 Å². The van der Waals surface area contributed by atoms with Crippen LogP contribution in [0.2, 0.25) is 0 Å². The molecule has 0 radical (unpaired) electrons. The van der Waals surface area contributed by atoms with Crippen LogP contribution in [0.3, 0.4) is 0 Å². The monoisotopic (exact) mass is 410 g/mol. The number of anilines is 1. The van der Waals surface area contributed by atoms with Crippen molar-refractivity contribution >= 4 is 21.6 Å². The maximum atomic E-state index is 13.0. The molecule has 8 heteroatoms. The highest BCUT2D eigenvalue weighted by Gasteiger charge is 2.27. The van der Waals surface area contributed by atoms with E-state index in [0.717, 1.165) is 45.2 Å². The topological polar surface area (TPSA) is 80.2 Å². The molecular formula is C20H32N3O4S+. The van der Waals surface area contributed by atoms with Gasteiger partial charge in [0, 0.05) is 13.1 Å². The minimum absolute atomic E-state index is 0.106. The van der Waals surface area contributed by atoms with Gasteiger partial charge >= 0.3 is 0 Å². The molecule has 0 bridgehead atoms. The van der Waals surface area contributed by atoms with Gasteiger partial charge in [-0.05, 0) is 57.2 Å².